The lowest BCUT2D eigenvalue weighted by Crippen LogP contribution is -2.26. The molecule has 2 aromatic carbocycles. The Kier molecular flexibility index (Phi) is 5.37. The molecule has 3 rings (SSSR count). The number of anilines is 1. The predicted octanol–water partition coefficient (Wildman–Crippen LogP) is 3.24. The van der Waals surface area contributed by atoms with Crippen LogP contribution in [0.15, 0.2) is 47.4 Å². The third-order valence-corrected chi connectivity index (χ3v) is 6.83. The molecule has 0 saturated carbocycles. The quantitative estimate of drug-likeness (QED) is 0.873. The summed E-state index contributed by atoms with van der Waals surface area (Å²) in [7, 11) is -0.283. The minimum atomic E-state index is -3.60. The number of para-hydroxylation sites is 1. The van der Waals surface area contributed by atoms with Gasteiger partial charge in [-0.2, -0.15) is 0 Å². The topological polar surface area (TPSA) is 58.6 Å². The standard InChI is InChI=1S/C20H26N2O3S/c1-14-9-10-17-19(13-14)26(23,24)22(3)18-8-6-5-7-16(18)20(17)21-12-11-15(2)25-4/h5-10,13,15,20-21H,11-12H2,1-4H3. The van der Waals surface area contributed by atoms with Crippen LogP contribution in [0.2, 0.25) is 0 Å². The molecule has 0 saturated heterocycles. The molecule has 1 N–H and O–H groups in total. The molecule has 0 radical (unpaired) electrons. The van der Waals surface area contributed by atoms with Crippen LogP contribution in [0.25, 0.3) is 0 Å². The third kappa shape index (κ3) is 3.37. The lowest BCUT2D eigenvalue weighted by atomic mass is 9.96. The first-order chi connectivity index (χ1) is 12.4. The Morgan fingerprint density at radius 3 is 2.65 bits per heavy atom. The summed E-state index contributed by atoms with van der Waals surface area (Å²) in [5.74, 6) is 0. The van der Waals surface area contributed by atoms with Gasteiger partial charge < -0.3 is 10.1 Å². The van der Waals surface area contributed by atoms with Crippen LogP contribution in [-0.2, 0) is 14.8 Å². The fourth-order valence-corrected chi connectivity index (χ4v) is 4.87. The fraction of sp³-hybridized carbons (Fsp3) is 0.400. The van der Waals surface area contributed by atoms with Gasteiger partial charge in [-0.15, -0.1) is 0 Å². The molecule has 1 aliphatic heterocycles. The van der Waals surface area contributed by atoms with Crippen LogP contribution < -0.4 is 9.62 Å². The largest absolute Gasteiger partial charge is 0.382 e. The molecular formula is C20H26N2O3S. The molecular weight excluding hydrogens is 348 g/mol. The normalized spacial score (nSPS) is 19.4. The van der Waals surface area contributed by atoms with Crippen LogP contribution in [0.1, 0.15) is 36.1 Å². The van der Waals surface area contributed by atoms with Crippen LogP contribution in [-0.4, -0.2) is 35.2 Å². The van der Waals surface area contributed by atoms with E-state index in [0.29, 0.717) is 10.6 Å². The SMILES string of the molecule is COC(C)CCNC1c2ccccc2N(C)S(=O)(=O)c2cc(C)ccc21. The molecule has 0 amide bonds. The van der Waals surface area contributed by atoms with E-state index in [1.165, 1.54) is 4.31 Å². The Balaban J connectivity index is 2.12. The Labute approximate surface area is 156 Å². The highest BCUT2D eigenvalue weighted by Crippen LogP contribution is 2.40. The lowest BCUT2D eigenvalue weighted by molar-refractivity contribution is 0.110. The highest BCUT2D eigenvalue weighted by atomic mass is 32.2. The minimum Gasteiger partial charge on any atom is -0.382 e. The Bertz CT molecular complexity index is 896. The molecule has 6 heteroatoms. The highest BCUT2D eigenvalue weighted by Gasteiger charge is 2.34. The van der Waals surface area contributed by atoms with Crippen molar-refractivity contribution in [2.45, 2.75) is 37.3 Å². The number of nitrogens with zero attached hydrogens (tertiary/aromatic N) is 1. The first-order valence-electron chi connectivity index (χ1n) is 8.81. The fourth-order valence-electron chi connectivity index (χ4n) is 3.34. The lowest BCUT2D eigenvalue weighted by Gasteiger charge is -2.22. The molecule has 5 nitrogen and oxygen atoms in total. The Hall–Kier alpha value is -1.89. The van der Waals surface area contributed by atoms with Gasteiger partial charge in [0, 0.05) is 14.2 Å². The number of rotatable bonds is 5. The van der Waals surface area contributed by atoms with E-state index in [9.17, 15) is 8.42 Å². The van der Waals surface area contributed by atoms with Gasteiger partial charge in [-0.05, 0) is 55.6 Å². The summed E-state index contributed by atoms with van der Waals surface area (Å²) < 4.78 is 33.1. The van der Waals surface area contributed by atoms with Crippen LogP contribution in [0.3, 0.4) is 0 Å². The molecule has 0 spiro atoms. The van der Waals surface area contributed by atoms with Gasteiger partial charge in [-0.25, -0.2) is 8.42 Å². The van der Waals surface area contributed by atoms with E-state index < -0.39 is 10.0 Å². The smallest absolute Gasteiger partial charge is 0.264 e. The summed E-state index contributed by atoms with van der Waals surface area (Å²) >= 11 is 0. The second-order valence-electron chi connectivity index (χ2n) is 6.79. The van der Waals surface area contributed by atoms with Crippen molar-refractivity contribution >= 4 is 15.7 Å². The number of nitrogens with one attached hydrogen (secondary N) is 1. The van der Waals surface area contributed by atoms with Gasteiger partial charge in [0.25, 0.3) is 10.0 Å². The van der Waals surface area contributed by atoms with Crippen molar-refractivity contribution in [1.82, 2.24) is 5.32 Å². The molecule has 2 aromatic rings. The highest BCUT2D eigenvalue weighted by molar-refractivity contribution is 7.92. The molecule has 2 atom stereocenters. The van der Waals surface area contributed by atoms with Crippen molar-refractivity contribution in [2.75, 3.05) is 25.0 Å². The molecule has 1 heterocycles. The molecule has 0 fully saturated rings. The average molecular weight is 375 g/mol. The van der Waals surface area contributed by atoms with E-state index in [1.54, 1.807) is 20.2 Å². The summed E-state index contributed by atoms with van der Waals surface area (Å²) in [5.41, 5.74) is 3.39. The van der Waals surface area contributed by atoms with Gasteiger partial charge >= 0.3 is 0 Å². The van der Waals surface area contributed by atoms with Crippen LogP contribution in [0.4, 0.5) is 5.69 Å². The zero-order valence-corrected chi connectivity index (χ0v) is 16.5. The Morgan fingerprint density at radius 2 is 1.92 bits per heavy atom. The predicted molar refractivity (Wildman–Crippen MR) is 104 cm³/mol. The van der Waals surface area contributed by atoms with Crippen LogP contribution in [0, 0.1) is 6.92 Å². The first-order valence-corrected chi connectivity index (χ1v) is 10.2. The zero-order valence-electron chi connectivity index (χ0n) is 15.7. The van der Waals surface area contributed by atoms with Gasteiger partial charge in [0.15, 0.2) is 0 Å². The van der Waals surface area contributed by atoms with Crippen LogP contribution >= 0.6 is 0 Å². The summed E-state index contributed by atoms with van der Waals surface area (Å²) in [6, 6.07) is 13.1. The summed E-state index contributed by atoms with van der Waals surface area (Å²) in [4.78, 5) is 0.369. The molecule has 2 unspecified atom stereocenters. The molecule has 1 aliphatic rings. The number of fused-ring (bicyclic) bond motifs is 2. The number of benzene rings is 2. The van der Waals surface area contributed by atoms with E-state index in [1.807, 2.05) is 50.2 Å². The maximum Gasteiger partial charge on any atom is 0.264 e. The molecule has 140 valence electrons. The number of hydrogen-bond donors (Lipinski definition) is 1. The van der Waals surface area contributed by atoms with Gasteiger partial charge in [0.2, 0.25) is 0 Å². The molecule has 0 aliphatic carbocycles. The molecule has 0 aromatic heterocycles. The summed E-state index contributed by atoms with van der Waals surface area (Å²) in [5, 5.41) is 3.55. The van der Waals surface area contributed by atoms with Crippen molar-refractivity contribution < 1.29 is 13.2 Å². The van der Waals surface area contributed by atoms with E-state index in [-0.39, 0.29) is 12.1 Å². The van der Waals surface area contributed by atoms with Crippen molar-refractivity contribution in [2.24, 2.45) is 0 Å². The van der Waals surface area contributed by atoms with Crippen LogP contribution in [0.5, 0.6) is 0 Å². The molecule has 26 heavy (non-hydrogen) atoms. The second kappa shape index (κ2) is 7.39. The van der Waals surface area contributed by atoms with Crippen molar-refractivity contribution in [3.05, 3.63) is 59.2 Å². The maximum absolute atomic E-state index is 13.2. The minimum absolute atomic E-state index is 0.146. The monoisotopic (exact) mass is 374 g/mol. The average Bonchev–Trinajstić information content (AvgIpc) is 2.70. The number of ether oxygens (including phenoxy) is 1. The van der Waals surface area contributed by atoms with E-state index in [2.05, 4.69) is 5.32 Å². The van der Waals surface area contributed by atoms with Gasteiger partial charge in [0.05, 0.1) is 22.7 Å². The van der Waals surface area contributed by atoms with Crippen molar-refractivity contribution in [1.29, 1.82) is 0 Å². The summed E-state index contributed by atoms with van der Waals surface area (Å²) in [6.07, 6.45) is 0.992. The van der Waals surface area contributed by atoms with Crippen molar-refractivity contribution in [3.63, 3.8) is 0 Å². The van der Waals surface area contributed by atoms with Gasteiger partial charge in [-0.1, -0.05) is 30.3 Å². The number of hydrogen-bond acceptors (Lipinski definition) is 4. The first kappa shape index (κ1) is 18.9. The van der Waals surface area contributed by atoms with E-state index in [0.717, 1.165) is 29.7 Å². The zero-order chi connectivity index (χ0) is 18.9. The van der Waals surface area contributed by atoms with E-state index in [4.69, 9.17) is 4.74 Å². The number of methoxy groups -OCH3 is 1. The maximum atomic E-state index is 13.2. The van der Waals surface area contributed by atoms with E-state index >= 15 is 0 Å². The number of aryl methyl sites for hydroxylation is 1. The van der Waals surface area contributed by atoms with Crippen molar-refractivity contribution in [3.8, 4) is 0 Å². The van der Waals surface area contributed by atoms with Gasteiger partial charge in [0.1, 0.15) is 0 Å². The van der Waals surface area contributed by atoms with Gasteiger partial charge in [-0.3, -0.25) is 4.31 Å². The second-order valence-corrected chi connectivity index (χ2v) is 8.73. The molecule has 0 bridgehead atoms. The summed E-state index contributed by atoms with van der Waals surface area (Å²) in [6.45, 7) is 4.67. The third-order valence-electron chi connectivity index (χ3n) is 5.01. The Morgan fingerprint density at radius 1 is 1.19 bits per heavy atom. The number of sulfonamides is 1.